The molecule has 0 aliphatic carbocycles. The molecule has 1 rings (SSSR count). The van der Waals surface area contributed by atoms with Crippen LogP contribution in [0, 0.1) is 5.92 Å². The number of nitrogens with zero attached hydrogens (tertiary/aromatic N) is 1. The Morgan fingerprint density at radius 3 is 2.93 bits per heavy atom. The summed E-state index contributed by atoms with van der Waals surface area (Å²) >= 11 is 0. The van der Waals surface area contributed by atoms with E-state index in [1.807, 2.05) is 0 Å². The number of hydrogen-bond donors (Lipinski definition) is 2. The number of nitrogens with one attached hydrogen (secondary N) is 1. The van der Waals surface area contributed by atoms with E-state index in [-0.39, 0.29) is 6.10 Å². The first-order chi connectivity index (χ1) is 7.13. The summed E-state index contributed by atoms with van der Waals surface area (Å²) in [5.41, 5.74) is 1.24. The van der Waals surface area contributed by atoms with Crippen molar-refractivity contribution < 1.29 is 5.11 Å². The average Bonchev–Trinajstić information content (AvgIpc) is 2.20. The number of aliphatic hydroxyl groups is 1. The Labute approximate surface area is 93.2 Å². The van der Waals surface area contributed by atoms with Crippen molar-refractivity contribution in [2.75, 3.05) is 32.7 Å². The van der Waals surface area contributed by atoms with E-state index in [2.05, 4.69) is 30.6 Å². The van der Waals surface area contributed by atoms with Crippen LogP contribution in [-0.4, -0.2) is 48.8 Å². The van der Waals surface area contributed by atoms with Gasteiger partial charge in [0.1, 0.15) is 0 Å². The zero-order chi connectivity index (χ0) is 11.3. The van der Waals surface area contributed by atoms with Gasteiger partial charge in [-0.05, 0) is 24.5 Å². The van der Waals surface area contributed by atoms with Crippen molar-refractivity contribution in [2.24, 2.45) is 5.92 Å². The highest BCUT2D eigenvalue weighted by Crippen LogP contribution is 2.16. The lowest BCUT2D eigenvalue weighted by molar-refractivity contribution is 0.0386. The molecule has 0 amide bonds. The van der Waals surface area contributed by atoms with E-state index in [4.69, 9.17) is 0 Å². The second-order valence-electron chi connectivity index (χ2n) is 4.60. The molecule has 2 N–H and O–H groups in total. The van der Waals surface area contributed by atoms with Crippen LogP contribution in [-0.2, 0) is 0 Å². The van der Waals surface area contributed by atoms with Crippen molar-refractivity contribution in [2.45, 2.75) is 26.4 Å². The van der Waals surface area contributed by atoms with Gasteiger partial charge in [-0.1, -0.05) is 20.4 Å². The van der Waals surface area contributed by atoms with Crippen LogP contribution in [0.15, 0.2) is 12.2 Å². The second kappa shape index (κ2) is 6.26. The summed E-state index contributed by atoms with van der Waals surface area (Å²) in [4.78, 5) is 2.39. The number of likely N-dealkylation sites (N-methyl/N-ethyl adjacent to an activating group) is 1. The number of rotatable bonds is 5. The number of likely N-dealkylation sites (tertiary alicyclic amines) is 1. The minimum atomic E-state index is -0.108. The van der Waals surface area contributed by atoms with Crippen LogP contribution in [0.1, 0.15) is 20.3 Å². The zero-order valence-electron chi connectivity index (χ0n) is 10.00. The highest BCUT2D eigenvalue weighted by Gasteiger charge is 2.23. The summed E-state index contributed by atoms with van der Waals surface area (Å²) in [5.74, 6) is 0.394. The van der Waals surface area contributed by atoms with Crippen LogP contribution >= 0.6 is 0 Å². The Bertz CT molecular complexity index is 206. The molecule has 3 heteroatoms. The number of aliphatic hydroxyl groups excluding tert-OH is 1. The van der Waals surface area contributed by atoms with E-state index < -0.39 is 0 Å². The van der Waals surface area contributed by atoms with Crippen molar-refractivity contribution >= 4 is 0 Å². The molecule has 15 heavy (non-hydrogen) atoms. The molecule has 0 saturated carbocycles. The molecule has 3 nitrogen and oxygen atoms in total. The fourth-order valence-electron chi connectivity index (χ4n) is 2.04. The predicted molar refractivity (Wildman–Crippen MR) is 63.9 cm³/mol. The quantitative estimate of drug-likeness (QED) is 0.663. The predicted octanol–water partition coefficient (Wildman–Crippen LogP) is 0.855. The molecule has 2 unspecified atom stereocenters. The van der Waals surface area contributed by atoms with E-state index in [1.165, 1.54) is 5.57 Å². The Hall–Kier alpha value is -0.380. The molecular weight excluding hydrogens is 188 g/mol. The summed E-state index contributed by atoms with van der Waals surface area (Å²) in [6, 6.07) is 0. The van der Waals surface area contributed by atoms with Crippen LogP contribution in [0.2, 0.25) is 0 Å². The Kier molecular flexibility index (Phi) is 5.29. The third kappa shape index (κ3) is 4.33. The topological polar surface area (TPSA) is 35.5 Å². The molecule has 0 radical (unpaired) electrons. The SMILES string of the molecule is C=C(CNCC)CN1CCC(O)C(C)C1. The highest BCUT2D eigenvalue weighted by atomic mass is 16.3. The zero-order valence-corrected chi connectivity index (χ0v) is 10.00. The highest BCUT2D eigenvalue weighted by molar-refractivity contribution is 5.00. The fourth-order valence-corrected chi connectivity index (χ4v) is 2.04. The first-order valence-electron chi connectivity index (χ1n) is 5.91. The fraction of sp³-hybridized carbons (Fsp3) is 0.833. The van der Waals surface area contributed by atoms with E-state index in [9.17, 15) is 5.11 Å². The second-order valence-corrected chi connectivity index (χ2v) is 4.60. The van der Waals surface area contributed by atoms with Crippen LogP contribution in [0.3, 0.4) is 0 Å². The van der Waals surface area contributed by atoms with Crippen molar-refractivity contribution in [3.05, 3.63) is 12.2 Å². The van der Waals surface area contributed by atoms with Crippen molar-refractivity contribution in [3.8, 4) is 0 Å². The van der Waals surface area contributed by atoms with Crippen molar-refractivity contribution in [1.29, 1.82) is 0 Å². The third-order valence-corrected chi connectivity index (χ3v) is 3.02. The van der Waals surface area contributed by atoms with Gasteiger partial charge < -0.3 is 10.4 Å². The lowest BCUT2D eigenvalue weighted by atomic mass is 9.96. The monoisotopic (exact) mass is 212 g/mol. The van der Waals surface area contributed by atoms with Gasteiger partial charge in [0.15, 0.2) is 0 Å². The molecule has 0 aromatic carbocycles. The Balaban J connectivity index is 2.24. The summed E-state index contributed by atoms with van der Waals surface area (Å²) in [7, 11) is 0. The largest absolute Gasteiger partial charge is 0.393 e. The molecular formula is C12H24N2O. The summed E-state index contributed by atoms with van der Waals surface area (Å²) in [6.07, 6.45) is 0.790. The van der Waals surface area contributed by atoms with Gasteiger partial charge in [-0.2, -0.15) is 0 Å². The van der Waals surface area contributed by atoms with E-state index >= 15 is 0 Å². The van der Waals surface area contributed by atoms with Crippen LogP contribution in [0.25, 0.3) is 0 Å². The van der Waals surface area contributed by atoms with Crippen molar-refractivity contribution in [3.63, 3.8) is 0 Å². The molecule has 1 aliphatic rings. The lowest BCUT2D eigenvalue weighted by Crippen LogP contribution is -2.43. The molecule has 1 heterocycles. The van der Waals surface area contributed by atoms with Crippen LogP contribution in [0.5, 0.6) is 0 Å². The van der Waals surface area contributed by atoms with Gasteiger partial charge in [0.05, 0.1) is 6.10 Å². The first kappa shape index (κ1) is 12.7. The normalized spacial score (nSPS) is 27.9. The molecule has 0 aromatic rings. The maximum Gasteiger partial charge on any atom is 0.0590 e. The Morgan fingerprint density at radius 2 is 2.33 bits per heavy atom. The molecule has 88 valence electrons. The maximum atomic E-state index is 9.61. The van der Waals surface area contributed by atoms with Gasteiger partial charge in [0.2, 0.25) is 0 Å². The lowest BCUT2D eigenvalue weighted by Gasteiger charge is -2.34. The van der Waals surface area contributed by atoms with Gasteiger partial charge >= 0.3 is 0 Å². The summed E-state index contributed by atoms with van der Waals surface area (Å²) < 4.78 is 0. The smallest absolute Gasteiger partial charge is 0.0590 e. The van der Waals surface area contributed by atoms with Gasteiger partial charge in [0, 0.05) is 26.2 Å². The first-order valence-corrected chi connectivity index (χ1v) is 5.91. The van der Waals surface area contributed by atoms with Crippen LogP contribution < -0.4 is 5.32 Å². The van der Waals surface area contributed by atoms with Crippen molar-refractivity contribution in [1.82, 2.24) is 10.2 Å². The summed E-state index contributed by atoms with van der Waals surface area (Å²) in [6.45, 7) is 13.1. The molecule has 1 aliphatic heterocycles. The minimum absolute atomic E-state index is 0.108. The summed E-state index contributed by atoms with van der Waals surface area (Å²) in [5, 5.41) is 12.9. The van der Waals surface area contributed by atoms with Crippen LogP contribution in [0.4, 0.5) is 0 Å². The maximum absolute atomic E-state index is 9.61. The third-order valence-electron chi connectivity index (χ3n) is 3.02. The van der Waals surface area contributed by atoms with E-state index in [0.717, 1.165) is 39.1 Å². The van der Waals surface area contributed by atoms with Gasteiger partial charge in [-0.3, -0.25) is 4.90 Å². The molecule has 1 fully saturated rings. The standard InChI is InChI=1S/C12H24N2O/c1-4-13-7-10(2)8-14-6-5-12(15)11(3)9-14/h11-13,15H,2,4-9H2,1,3H3. The molecule has 0 spiro atoms. The number of piperidine rings is 1. The number of hydrogen-bond acceptors (Lipinski definition) is 3. The van der Waals surface area contributed by atoms with Gasteiger partial charge in [-0.25, -0.2) is 0 Å². The van der Waals surface area contributed by atoms with E-state index in [1.54, 1.807) is 0 Å². The Morgan fingerprint density at radius 1 is 1.60 bits per heavy atom. The molecule has 0 aromatic heterocycles. The molecule has 1 saturated heterocycles. The van der Waals surface area contributed by atoms with Gasteiger partial charge in [0.25, 0.3) is 0 Å². The average molecular weight is 212 g/mol. The van der Waals surface area contributed by atoms with E-state index in [0.29, 0.717) is 5.92 Å². The minimum Gasteiger partial charge on any atom is -0.393 e. The molecule has 0 bridgehead atoms. The van der Waals surface area contributed by atoms with Gasteiger partial charge in [-0.15, -0.1) is 0 Å². The molecule has 2 atom stereocenters.